The van der Waals surface area contributed by atoms with E-state index in [1.165, 1.54) is 24.0 Å². The van der Waals surface area contributed by atoms with Gasteiger partial charge in [-0.15, -0.1) is 5.10 Å². The number of aromatic nitrogens is 5. The van der Waals surface area contributed by atoms with E-state index in [2.05, 4.69) is 39.3 Å². The molecule has 1 atom stereocenters. The fourth-order valence-electron chi connectivity index (χ4n) is 2.69. The van der Waals surface area contributed by atoms with E-state index in [1.807, 2.05) is 18.2 Å². The van der Waals surface area contributed by atoms with Crippen molar-refractivity contribution in [3.05, 3.63) is 77.9 Å². The van der Waals surface area contributed by atoms with Gasteiger partial charge < -0.3 is 0 Å². The molecule has 5 nitrogen and oxygen atoms in total. The van der Waals surface area contributed by atoms with Crippen molar-refractivity contribution in [1.29, 1.82) is 0 Å². The van der Waals surface area contributed by atoms with Crippen LogP contribution in [0, 0.1) is 5.82 Å². The molecular formula is C19H16FN5S. The number of hydrogen-bond donors (Lipinski definition) is 0. The first-order chi connectivity index (χ1) is 12.7. The molecule has 0 saturated heterocycles. The van der Waals surface area contributed by atoms with Gasteiger partial charge in [0.15, 0.2) is 11.2 Å². The molecule has 2 aromatic carbocycles. The molecule has 0 radical (unpaired) electrons. The summed E-state index contributed by atoms with van der Waals surface area (Å²) >= 11 is 1.63. The van der Waals surface area contributed by atoms with Crippen molar-refractivity contribution in [3.63, 3.8) is 0 Å². The number of fused-ring (bicyclic) bond motifs is 1. The minimum Gasteiger partial charge on any atom is -0.227 e. The third-order valence-electron chi connectivity index (χ3n) is 4.07. The van der Waals surface area contributed by atoms with Crippen molar-refractivity contribution < 1.29 is 4.39 Å². The molecule has 0 saturated carbocycles. The molecule has 0 aliphatic rings. The summed E-state index contributed by atoms with van der Waals surface area (Å²) in [5.74, 6) is -0.256. The number of hydrogen-bond acceptors (Lipinski definition) is 5. The van der Waals surface area contributed by atoms with Gasteiger partial charge in [0.2, 0.25) is 0 Å². The van der Waals surface area contributed by atoms with Crippen molar-refractivity contribution in [2.24, 2.45) is 0 Å². The number of benzene rings is 2. The van der Waals surface area contributed by atoms with E-state index in [-0.39, 0.29) is 11.1 Å². The number of halogens is 1. The lowest BCUT2D eigenvalue weighted by Crippen LogP contribution is -2.03. The van der Waals surface area contributed by atoms with Crippen LogP contribution in [0.3, 0.4) is 0 Å². The Morgan fingerprint density at radius 1 is 1.04 bits per heavy atom. The predicted molar refractivity (Wildman–Crippen MR) is 99.3 cm³/mol. The molecule has 0 N–H and O–H groups in total. The highest BCUT2D eigenvalue weighted by Crippen LogP contribution is 2.35. The Hall–Kier alpha value is -2.80. The van der Waals surface area contributed by atoms with Crippen LogP contribution in [0.15, 0.2) is 66.0 Å². The maximum Gasteiger partial charge on any atom is 0.183 e. The van der Waals surface area contributed by atoms with Crippen LogP contribution in [0.2, 0.25) is 0 Å². The zero-order chi connectivity index (χ0) is 17.9. The third-order valence-corrected chi connectivity index (χ3v) is 5.22. The van der Waals surface area contributed by atoms with Gasteiger partial charge >= 0.3 is 0 Å². The Labute approximate surface area is 154 Å². The van der Waals surface area contributed by atoms with E-state index in [0.717, 1.165) is 10.6 Å². The second-order valence-electron chi connectivity index (χ2n) is 5.90. The van der Waals surface area contributed by atoms with Crippen molar-refractivity contribution in [3.8, 4) is 0 Å². The third kappa shape index (κ3) is 3.43. The van der Waals surface area contributed by atoms with Crippen LogP contribution >= 0.6 is 11.8 Å². The number of rotatable bonds is 5. The van der Waals surface area contributed by atoms with Gasteiger partial charge in [-0.25, -0.2) is 19.0 Å². The van der Waals surface area contributed by atoms with Crippen LogP contribution in [0.4, 0.5) is 4.39 Å². The molecule has 0 aliphatic carbocycles. The highest BCUT2D eigenvalue weighted by molar-refractivity contribution is 7.99. The largest absolute Gasteiger partial charge is 0.227 e. The molecule has 0 unspecified atom stereocenters. The van der Waals surface area contributed by atoms with Crippen LogP contribution in [0.25, 0.3) is 11.2 Å². The summed E-state index contributed by atoms with van der Waals surface area (Å²) in [4.78, 5) is 8.73. The van der Waals surface area contributed by atoms with Gasteiger partial charge in [-0.2, -0.15) is 0 Å². The van der Waals surface area contributed by atoms with Crippen molar-refractivity contribution in [2.45, 2.75) is 23.7 Å². The zero-order valence-corrected chi connectivity index (χ0v) is 14.9. The van der Waals surface area contributed by atoms with E-state index in [0.29, 0.717) is 17.7 Å². The first-order valence-electron chi connectivity index (χ1n) is 8.21. The molecule has 4 rings (SSSR count). The normalized spacial score (nSPS) is 12.4. The molecule has 2 aromatic heterocycles. The molecule has 130 valence electrons. The Kier molecular flexibility index (Phi) is 4.62. The highest BCUT2D eigenvalue weighted by Gasteiger charge is 2.16. The lowest BCUT2D eigenvalue weighted by molar-refractivity contribution is 0.623. The van der Waals surface area contributed by atoms with Crippen LogP contribution in [0.1, 0.15) is 23.3 Å². The number of thioether (sulfide) groups is 1. The fourth-order valence-corrected chi connectivity index (χ4v) is 3.67. The topological polar surface area (TPSA) is 56.5 Å². The van der Waals surface area contributed by atoms with Gasteiger partial charge in [0.1, 0.15) is 17.2 Å². The van der Waals surface area contributed by atoms with Gasteiger partial charge in [0.05, 0.1) is 6.54 Å². The Balaban J connectivity index is 1.61. The van der Waals surface area contributed by atoms with Crippen molar-refractivity contribution >= 4 is 22.9 Å². The predicted octanol–water partition coefficient (Wildman–Crippen LogP) is 4.26. The molecule has 0 amide bonds. The number of nitrogens with zero attached hydrogens (tertiary/aromatic N) is 5. The van der Waals surface area contributed by atoms with E-state index < -0.39 is 0 Å². The molecule has 7 heteroatoms. The van der Waals surface area contributed by atoms with Gasteiger partial charge in [0.25, 0.3) is 0 Å². The van der Waals surface area contributed by atoms with Crippen LogP contribution in [-0.4, -0.2) is 25.0 Å². The summed E-state index contributed by atoms with van der Waals surface area (Å²) in [5.41, 5.74) is 3.51. The Morgan fingerprint density at radius 2 is 1.81 bits per heavy atom. The second kappa shape index (κ2) is 7.21. The maximum absolute atomic E-state index is 13.1. The summed E-state index contributed by atoms with van der Waals surface area (Å²) in [5, 5.41) is 9.52. The average Bonchev–Trinajstić information content (AvgIpc) is 3.08. The van der Waals surface area contributed by atoms with E-state index in [1.54, 1.807) is 28.6 Å². The summed E-state index contributed by atoms with van der Waals surface area (Å²) in [6.45, 7) is 2.61. The molecule has 2 heterocycles. The smallest absolute Gasteiger partial charge is 0.183 e. The van der Waals surface area contributed by atoms with Gasteiger partial charge in [0, 0.05) is 5.25 Å². The summed E-state index contributed by atoms with van der Waals surface area (Å²) < 4.78 is 14.8. The van der Waals surface area contributed by atoms with Crippen LogP contribution < -0.4 is 0 Å². The molecule has 0 aliphatic heterocycles. The van der Waals surface area contributed by atoms with E-state index >= 15 is 0 Å². The van der Waals surface area contributed by atoms with Gasteiger partial charge in [-0.3, -0.25) is 0 Å². The van der Waals surface area contributed by atoms with Gasteiger partial charge in [-0.1, -0.05) is 59.4 Å². The zero-order valence-electron chi connectivity index (χ0n) is 14.1. The lowest BCUT2D eigenvalue weighted by atomic mass is 10.2. The summed E-state index contributed by atoms with van der Waals surface area (Å²) in [6.07, 6.45) is 1.53. The molecular weight excluding hydrogens is 349 g/mol. The minimum atomic E-state index is -0.256. The molecule has 4 aromatic rings. The molecule has 0 fully saturated rings. The first-order valence-corrected chi connectivity index (χ1v) is 9.09. The fraction of sp³-hybridized carbons (Fsp3) is 0.158. The van der Waals surface area contributed by atoms with E-state index in [9.17, 15) is 4.39 Å². The highest BCUT2D eigenvalue weighted by atomic mass is 32.2. The summed E-state index contributed by atoms with van der Waals surface area (Å²) in [6, 6.07) is 16.6. The molecule has 26 heavy (non-hydrogen) atoms. The minimum absolute atomic E-state index is 0.233. The van der Waals surface area contributed by atoms with Gasteiger partial charge in [-0.05, 0) is 30.2 Å². The van der Waals surface area contributed by atoms with Crippen LogP contribution in [-0.2, 0) is 6.54 Å². The monoisotopic (exact) mass is 365 g/mol. The first kappa shape index (κ1) is 16.7. The Bertz CT molecular complexity index is 1020. The Morgan fingerprint density at radius 3 is 2.58 bits per heavy atom. The molecule has 0 bridgehead atoms. The lowest BCUT2D eigenvalue weighted by Gasteiger charge is -2.10. The van der Waals surface area contributed by atoms with E-state index in [4.69, 9.17) is 0 Å². The quantitative estimate of drug-likeness (QED) is 0.391. The van der Waals surface area contributed by atoms with Crippen molar-refractivity contribution in [2.75, 3.05) is 0 Å². The molecule has 0 spiro atoms. The van der Waals surface area contributed by atoms with Crippen LogP contribution in [0.5, 0.6) is 0 Å². The second-order valence-corrected chi connectivity index (χ2v) is 7.22. The maximum atomic E-state index is 13.1. The SMILES string of the molecule is C[C@@H](Sc1ncnc2c1nnn2Cc1ccc(F)cc1)c1ccccc1. The summed E-state index contributed by atoms with van der Waals surface area (Å²) in [7, 11) is 0. The average molecular weight is 365 g/mol. The van der Waals surface area contributed by atoms with Crippen molar-refractivity contribution in [1.82, 2.24) is 25.0 Å². The standard InChI is InChI=1S/C19H16FN5S/c1-13(15-5-3-2-4-6-15)26-19-17-18(21-12-22-19)25(24-23-17)11-14-7-9-16(20)10-8-14/h2-10,12-13H,11H2,1H3/t13-/m1/s1.